The Kier molecular flexibility index (Phi) is 4.87. The quantitative estimate of drug-likeness (QED) is 0.712. The zero-order valence-electron chi connectivity index (χ0n) is 13.8. The van der Waals surface area contributed by atoms with Gasteiger partial charge in [0.2, 0.25) is 0 Å². The standard InChI is InChI=1S/C19H26O2/c1-6-21-18(20)11-14-7-8-17-15(12(2)3)9-10-16(13(4)5)19(14)17/h7-10,12-14H,6,11H2,1-5H3. The third-order valence-electron chi connectivity index (χ3n) is 4.16. The molecule has 0 bridgehead atoms. The summed E-state index contributed by atoms with van der Waals surface area (Å²) in [7, 11) is 0. The van der Waals surface area contributed by atoms with Gasteiger partial charge in [0.15, 0.2) is 0 Å². The number of rotatable bonds is 5. The summed E-state index contributed by atoms with van der Waals surface area (Å²) in [5.41, 5.74) is 5.39. The normalized spacial score (nSPS) is 16.6. The van der Waals surface area contributed by atoms with Crippen molar-refractivity contribution in [1.82, 2.24) is 0 Å². The molecule has 21 heavy (non-hydrogen) atoms. The fourth-order valence-electron chi connectivity index (χ4n) is 3.16. The molecule has 1 unspecified atom stereocenters. The van der Waals surface area contributed by atoms with Crippen LogP contribution in [0.5, 0.6) is 0 Å². The zero-order chi connectivity index (χ0) is 15.6. The molecule has 2 nitrogen and oxygen atoms in total. The summed E-state index contributed by atoms with van der Waals surface area (Å²) in [5.74, 6) is 1.01. The number of carbonyl (C=O) groups excluding carboxylic acids is 1. The van der Waals surface area contributed by atoms with Crippen LogP contribution in [0.25, 0.3) is 6.08 Å². The van der Waals surface area contributed by atoms with Gasteiger partial charge in [-0.1, -0.05) is 52.0 Å². The average molecular weight is 286 g/mol. The van der Waals surface area contributed by atoms with Crippen LogP contribution in [0.1, 0.15) is 81.0 Å². The molecule has 0 N–H and O–H groups in total. The number of benzene rings is 1. The monoisotopic (exact) mass is 286 g/mol. The van der Waals surface area contributed by atoms with E-state index in [1.807, 2.05) is 6.92 Å². The number of carbonyl (C=O) groups is 1. The molecule has 0 radical (unpaired) electrons. The van der Waals surface area contributed by atoms with Gasteiger partial charge in [0.1, 0.15) is 0 Å². The average Bonchev–Trinajstić information content (AvgIpc) is 2.81. The van der Waals surface area contributed by atoms with Gasteiger partial charge in [-0.25, -0.2) is 0 Å². The van der Waals surface area contributed by atoms with Crippen LogP contribution in [-0.4, -0.2) is 12.6 Å². The zero-order valence-corrected chi connectivity index (χ0v) is 13.8. The molecule has 1 atom stereocenters. The largest absolute Gasteiger partial charge is 0.466 e. The van der Waals surface area contributed by atoms with Crippen molar-refractivity contribution in [3.63, 3.8) is 0 Å². The first-order valence-corrected chi connectivity index (χ1v) is 7.96. The highest BCUT2D eigenvalue weighted by atomic mass is 16.5. The molecule has 1 aliphatic rings. The van der Waals surface area contributed by atoms with E-state index in [1.54, 1.807) is 0 Å². The summed E-state index contributed by atoms with van der Waals surface area (Å²) < 4.78 is 5.12. The maximum Gasteiger partial charge on any atom is 0.306 e. The fraction of sp³-hybridized carbons (Fsp3) is 0.526. The van der Waals surface area contributed by atoms with Gasteiger partial charge >= 0.3 is 5.97 Å². The Morgan fingerprint density at radius 3 is 2.33 bits per heavy atom. The third kappa shape index (κ3) is 3.20. The van der Waals surface area contributed by atoms with Crippen molar-refractivity contribution in [2.75, 3.05) is 6.61 Å². The molecule has 114 valence electrons. The van der Waals surface area contributed by atoms with E-state index in [4.69, 9.17) is 4.74 Å². The lowest BCUT2D eigenvalue weighted by Gasteiger charge is -2.21. The highest BCUT2D eigenvalue weighted by molar-refractivity contribution is 5.76. The summed E-state index contributed by atoms with van der Waals surface area (Å²) >= 11 is 0. The van der Waals surface area contributed by atoms with Crippen LogP contribution in [-0.2, 0) is 9.53 Å². The molecular weight excluding hydrogens is 260 g/mol. The molecule has 2 heteroatoms. The lowest BCUT2D eigenvalue weighted by atomic mass is 9.84. The second kappa shape index (κ2) is 6.46. The lowest BCUT2D eigenvalue weighted by molar-refractivity contribution is -0.143. The highest BCUT2D eigenvalue weighted by Gasteiger charge is 2.27. The Hall–Kier alpha value is -1.57. The summed E-state index contributed by atoms with van der Waals surface area (Å²) in [6.07, 6.45) is 4.80. The molecule has 0 fully saturated rings. The summed E-state index contributed by atoms with van der Waals surface area (Å²) in [4.78, 5) is 11.9. The fourth-order valence-corrected chi connectivity index (χ4v) is 3.16. The van der Waals surface area contributed by atoms with E-state index in [9.17, 15) is 4.79 Å². The molecule has 0 amide bonds. The van der Waals surface area contributed by atoms with E-state index in [0.717, 1.165) is 0 Å². The first kappa shape index (κ1) is 15.8. The molecule has 0 saturated carbocycles. The first-order valence-electron chi connectivity index (χ1n) is 7.96. The van der Waals surface area contributed by atoms with Crippen LogP contribution < -0.4 is 0 Å². The van der Waals surface area contributed by atoms with Crippen molar-refractivity contribution in [2.24, 2.45) is 0 Å². The van der Waals surface area contributed by atoms with Crippen molar-refractivity contribution >= 4 is 12.0 Å². The number of esters is 1. The molecule has 2 rings (SSSR count). The highest BCUT2D eigenvalue weighted by Crippen LogP contribution is 2.41. The van der Waals surface area contributed by atoms with Gasteiger partial charge < -0.3 is 4.74 Å². The summed E-state index contributed by atoms with van der Waals surface area (Å²) in [5, 5.41) is 0. The minimum absolute atomic E-state index is 0.107. The molecule has 0 aromatic heterocycles. The summed E-state index contributed by atoms with van der Waals surface area (Å²) in [6, 6.07) is 4.49. The molecule has 0 heterocycles. The van der Waals surface area contributed by atoms with Gasteiger partial charge in [-0.2, -0.15) is 0 Å². The number of fused-ring (bicyclic) bond motifs is 1. The predicted molar refractivity (Wildman–Crippen MR) is 87.6 cm³/mol. The van der Waals surface area contributed by atoms with E-state index >= 15 is 0 Å². The topological polar surface area (TPSA) is 26.3 Å². The Morgan fingerprint density at radius 2 is 1.76 bits per heavy atom. The predicted octanol–water partition coefficient (Wildman–Crippen LogP) is 5.00. The Labute approximate surface area is 128 Å². The Morgan fingerprint density at radius 1 is 1.14 bits per heavy atom. The van der Waals surface area contributed by atoms with E-state index in [2.05, 4.69) is 52.0 Å². The Bertz CT molecular complexity index is 553. The molecule has 0 saturated heterocycles. The van der Waals surface area contributed by atoms with E-state index in [-0.39, 0.29) is 11.9 Å². The SMILES string of the molecule is CCOC(=O)CC1C=Cc2c(C(C)C)ccc(C(C)C)c21. The van der Waals surface area contributed by atoms with Crippen molar-refractivity contribution in [2.45, 2.75) is 58.8 Å². The second-order valence-corrected chi connectivity index (χ2v) is 6.36. The minimum Gasteiger partial charge on any atom is -0.466 e. The van der Waals surface area contributed by atoms with Crippen molar-refractivity contribution < 1.29 is 9.53 Å². The van der Waals surface area contributed by atoms with E-state index in [0.29, 0.717) is 24.9 Å². The molecule has 0 spiro atoms. The van der Waals surface area contributed by atoms with Crippen LogP contribution in [0.4, 0.5) is 0 Å². The van der Waals surface area contributed by atoms with Gasteiger partial charge in [0.25, 0.3) is 0 Å². The minimum atomic E-state index is -0.107. The molecule has 1 aromatic rings. The summed E-state index contributed by atoms with van der Waals surface area (Å²) in [6.45, 7) is 11.2. The number of ether oxygens (including phenoxy) is 1. The molecule has 1 aliphatic carbocycles. The van der Waals surface area contributed by atoms with Gasteiger partial charge in [-0.05, 0) is 41.0 Å². The van der Waals surface area contributed by atoms with Crippen LogP contribution in [0.3, 0.4) is 0 Å². The lowest BCUT2D eigenvalue weighted by Crippen LogP contribution is -2.11. The molecule has 1 aromatic carbocycles. The maximum absolute atomic E-state index is 11.9. The third-order valence-corrected chi connectivity index (χ3v) is 4.16. The molecule has 0 aliphatic heterocycles. The van der Waals surface area contributed by atoms with Crippen LogP contribution in [0.2, 0.25) is 0 Å². The number of hydrogen-bond acceptors (Lipinski definition) is 2. The van der Waals surface area contributed by atoms with Crippen LogP contribution in [0.15, 0.2) is 18.2 Å². The van der Waals surface area contributed by atoms with Gasteiger partial charge in [-0.15, -0.1) is 0 Å². The second-order valence-electron chi connectivity index (χ2n) is 6.36. The van der Waals surface area contributed by atoms with Crippen LogP contribution in [0, 0.1) is 0 Å². The maximum atomic E-state index is 11.9. The van der Waals surface area contributed by atoms with Gasteiger partial charge in [-0.3, -0.25) is 4.79 Å². The van der Waals surface area contributed by atoms with E-state index in [1.165, 1.54) is 22.3 Å². The number of allylic oxidation sites excluding steroid dienone is 1. The smallest absolute Gasteiger partial charge is 0.306 e. The molecular formula is C19H26O2. The van der Waals surface area contributed by atoms with Crippen molar-refractivity contribution in [1.29, 1.82) is 0 Å². The van der Waals surface area contributed by atoms with Gasteiger partial charge in [0.05, 0.1) is 13.0 Å². The van der Waals surface area contributed by atoms with Crippen molar-refractivity contribution in [3.8, 4) is 0 Å². The Balaban J connectivity index is 2.41. The number of hydrogen-bond donors (Lipinski definition) is 0. The van der Waals surface area contributed by atoms with E-state index < -0.39 is 0 Å². The van der Waals surface area contributed by atoms with Gasteiger partial charge in [0, 0.05) is 5.92 Å². The van der Waals surface area contributed by atoms with Crippen molar-refractivity contribution in [3.05, 3.63) is 40.5 Å². The first-order chi connectivity index (χ1) is 9.95. The van der Waals surface area contributed by atoms with Crippen LogP contribution >= 0.6 is 0 Å².